The lowest BCUT2D eigenvalue weighted by atomic mass is 10.1. The highest BCUT2D eigenvalue weighted by Gasteiger charge is 2.29. The van der Waals surface area contributed by atoms with Crippen molar-refractivity contribution >= 4 is 5.97 Å². The number of carbonyl (C=O) groups is 1. The predicted molar refractivity (Wildman–Crippen MR) is 45.8 cm³/mol. The van der Waals surface area contributed by atoms with Gasteiger partial charge in [0.2, 0.25) is 0 Å². The molecule has 0 aromatic carbocycles. The maximum absolute atomic E-state index is 10.6. The zero-order valence-corrected chi connectivity index (χ0v) is 6.95. The largest absolute Gasteiger partial charge is 0.480 e. The molecule has 1 saturated heterocycles. The molecular weight excluding hydrogens is 170 g/mol. The average molecular weight is 181 g/mol. The first kappa shape index (κ1) is 8.28. The van der Waals surface area contributed by atoms with E-state index >= 15 is 0 Å². The van der Waals surface area contributed by atoms with Gasteiger partial charge in [0, 0.05) is 11.9 Å². The van der Waals surface area contributed by atoms with E-state index in [4.69, 9.17) is 5.11 Å². The Morgan fingerprint density at radius 1 is 1.54 bits per heavy atom. The molecule has 2 unspecified atom stereocenters. The Kier molecular flexibility index (Phi) is 2.03. The Morgan fingerprint density at radius 3 is 2.92 bits per heavy atom. The van der Waals surface area contributed by atoms with Crippen LogP contribution >= 0.6 is 0 Å². The second kappa shape index (κ2) is 3.20. The summed E-state index contributed by atoms with van der Waals surface area (Å²) in [5.74, 6) is -0.818. The SMILES string of the molecule is O=C(O)C1CC(c2ccc[nH]2)NN1. The monoisotopic (exact) mass is 181 g/mol. The average Bonchev–Trinajstić information content (AvgIpc) is 2.75. The molecule has 1 aliphatic rings. The van der Waals surface area contributed by atoms with Crippen LogP contribution in [0.4, 0.5) is 0 Å². The van der Waals surface area contributed by atoms with Crippen LogP contribution in [0.2, 0.25) is 0 Å². The molecule has 0 saturated carbocycles. The molecule has 1 aromatic rings. The molecule has 4 N–H and O–H groups in total. The van der Waals surface area contributed by atoms with Crippen molar-refractivity contribution in [3.8, 4) is 0 Å². The van der Waals surface area contributed by atoms with Crippen molar-refractivity contribution < 1.29 is 9.90 Å². The maximum Gasteiger partial charge on any atom is 0.322 e. The summed E-state index contributed by atoms with van der Waals surface area (Å²) in [6.45, 7) is 0. The van der Waals surface area contributed by atoms with Crippen LogP contribution in [0.5, 0.6) is 0 Å². The fraction of sp³-hybridized carbons (Fsp3) is 0.375. The first-order valence-corrected chi connectivity index (χ1v) is 4.14. The zero-order valence-electron chi connectivity index (χ0n) is 6.95. The van der Waals surface area contributed by atoms with Gasteiger partial charge in [0.1, 0.15) is 6.04 Å². The summed E-state index contributed by atoms with van der Waals surface area (Å²) < 4.78 is 0. The summed E-state index contributed by atoms with van der Waals surface area (Å²) in [4.78, 5) is 13.6. The number of rotatable bonds is 2. The zero-order chi connectivity index (χ0) is 9.26. The van der Waals surface area contributed by atoms with E-state index < -0.39 is 12.0 Å². The quantitative estimate of drug-likeness (QED) is 0.518. The van der Waals surface area contributed by atoms with Gasteiger partial charge in [-0.1, -0.05) is 0 Å². The van der Waals surface area contributed by atoms with Crippen LogP contribution in [-0.4, -0.2) is 22.1 Å². The molecule has 1 aliphatic heterocycles. The molecule has 1 fully saturated rings. The highest BCUT2D eigenvalue weighted by molar-refractivity contribution is 5.73. The normalized spacial score (nSPS) is 27.7. The van der Waals surface area contributed by atoms with E-state index in [-0.39, 0.29) is 6.04 Å². The van der Waals surface area contributed by atoms with E-state index in [0.717, 1.165) is 5.69 Å². The molecule has 2 rings (SSSR count). The van der Waals surface area contributed by atoms with Crippen LogP contribution in [0, 0.1) is 0 Å². The molecule has 5 nitrogen and oxygen atoms in total. The Labute approximate surface area is 75.1 Å². The van der Waals surface area contributed by atoms with E-state index in [0.29, 0.717) is 6.42 Å². The van der Waals surface area contributed by atoms with E-state index in [1.807, 2.05) is 18.3 Å². The minimum atomic E-state index is -0.818. The summed E-state index contributed by atoms with van der Waals surface area (Å²) in [7, 11) is 0. The highest BCUT2D eigenvalue weighted by atomic mass is 16.4. The minimum absolute atomic E-state index is 0.0658. The summed E-state index contributed by atoms with van der Waals surface area (Å²) in [6, 6.07) is 3.40. The van der Waals surface area contributed by atoms with Gasteiger partial charge in [-0.2, -0.15) is 0 Å². The van der Waals surface area contributed by atoms with Crippen molar-refractivity contribution in [2.45, 2.75) is 18.5 Å². The number of hydrazine groups is 1. The Balaban J connectivity index is 2.03. The molecule has 13 heavy (non-hydrogen) atoms. The van der Waals surface area contributed by atoms with Crippen molar-refractivity contribution in [3.05, 3.63) is 24.0 Å². The molecule has 2 atom stereocenters. The number of carboxylic acids is 1. The van der Waals surface area contributed by atoms with Crippen molar-refractivity contribution in [3.63, 3.8) is 0 Å². The molecule has 70 valence electrons. The van der Waals surface area contributed by atoms with Gasteiger partial charge in [0.05, 0.1) is 6.04 Å². The lowest BCUT2D eigenvalue weighted by Gasteiger charge is -2.05. The van der Waals surface area contributed by atoms with Crippen LogP contribution in [0.25, 0.3) is 0 Å². The third-order valence-electron chi connectivity index (χ3n) is 2.20. The first-order chi connectivity index (χ1) is 6.27. The van der Waals surface area contributed by atoms with Crippen LogP contribution in [-0.2, 0) is 4.79 Å². The van der Waals surface area contributed by atoms with Crippen molar-refractivity contribution in [1.82, 2.24) is 15.8 Å². The van der Waals surface area contributed by atoms with E-state index in [1.165, 1.54) is 0 Å². The van der Waals surface area contributed by atoms with Gasteiger partial charge in [0.15, 0.2) is 0 Å². The maximum atomic E-state index is 10.6. The number of hydrogen-bond donors (Lipinski definition) is 4. The lowest BCUT2D eigenvalue weighted by molar-refractivity contribution is -0.139. The number of aliphatic carboxylic acids is 1. The van der Waals surface area contributed by atoms with Crippen molar-refractivity contribution in [2.24, 2.45) is 0 Å². The smallest absolute Gasteiger partial charge is 0.322 e. The Morgan fingerprint density at radius 2 is 2.38 bits per heavy atom. The summed E-state index contributed by atoms with van der Waals surface area (Å²) >= 11 is 0. The standard InChI is InChI=1S/C8H11N3O2/c12-8(13)7-4-6(10-11-7)5-2-1-3-9-5/h1-3,6-7,9-11H,4H2,(H,12,13). The molecule has 0 radical (unpaired) electrons. The first-order valence-electron chi connectivity index (χ1n) is 4.14. The van der Waals surface area contributed by atoms with Gasteiger partial charge >= 0.3 is 5.97 Å². The predicted octanol–water partition coefficient (Wildman–Crippen LogP) is 0.00690. The number of nitrogens with one attached hydrogen (secondary N) is 3. The van der Waals surface area contributed by atoms with Gasteiger partial charge in [0.25, 0.3) is 0 Å². The van der Waals surface area contributed by atoms with Gasteiger partial charge in [-0.05, 0) is 18.6 Å². The molecule has 1 aromatic heterocycles. The van der Waals surface area contributed by atoms with E-state index in [9.17, 15) is 4.79 Å². The fourth-order valence-corrected chi connectivity index (χ4v) is 1.48. The van der Waals surface area contributed by atoms with Gasteiger partial charge in [-0.3, -0.25) is 4.79 Å². The van der Waals surface area contributed by atoms with E-state index in [2.05, 4.69) is 15.8 Å². The second-order valence-corrected chi connectivity index (χ2v) is 3.09. The highest BCUT2D eigenvalue weighted by Crippen LogP contribution is 2.20. The number of carboxylic acid groups (broad SMARTS) is 1. The van der Waals surface area contributed by atoms with Crippen molar-refractivity contribution in [2.75, 3.05) is 0 Å². The third kappa shape index (κ3) is 1.56. The number of aromatic amines is 1. The second-order valence-electron chi connectivity index (χ2n) is 3.09. The third-order valence-corrected chi connectivity index (χ3v) is 2.20. The van der Waals surface area contributed by atoms with Gasteiger partial charge in [-0.25, -0.2) is 10.9 Å². The number of aromatic nitrogens is 1. The van der Waals surface area contributed by atoms with Gasteiger partial charge in [-0.15, -0.1) is 0 Å². The van der Waals surface area contributed by atoms with Crippen LogP contribution in [0.15, 0.2) is 18.3 Å². The Hall–Kier alpha value is -1.33. The molecular formula is C8H11N3O2. The minimum Gasteiger partial charge on any atom is -0.480 e. The van der Waals surface area contributed by atoms with Crippen molar-refractivity contribution in [1.29, 1.82) is 0 Å². The molecule has 2 heterocycles. The summed E-state index contributed by atoms with van der Waals surface area (Å²) in [5.41, 5.74) is 6.66. The summed E-state index contributed by atoms with van der Waals surface area (Å²) in [5, 5.41) is 8.72. The molecule has 0 spiro atoms. The molecule has 0 amide bonds. The number of hydrogen-bond acceptors (Lipinski definition) is 3. The topological polar surface area (TPSA) is 77.1 Å². The Bertz CT molecular complexity index is 296. The lowest BCUT2D eigenvalue weighted by Crippen LogP contribution is -2.36. The van der Waals surface area contributed by atoms with Crippen LogP contribution < -0.4 is 10.9 Å². The molecule has 5 heteroatoms. The number of H-pyrrole nitrogens is 1. The van der Waals surface area contributed by atoms with Gasteiger partial charge < -0.3 is 10.1 Å². The molecule has 0 aliphatic carbocycles. The van der Waals surface area contributed by atoms with Crippen LogP contribution in [0.1, 0.15) is 18.2 Å². The van der Waals surface area contributed by atoms with Crippen LogP contribution in [0.3, 0.4) is 0 Å². The fourth-order valence-electron chi connectivity index (χ4n) is 1.48. The van der Waals surface area contributed by atoms with E-state index in [1.54, 1.807) is 0 Å². The summed E-state index contributed by atoms with van der Waals surface area (Å²) in [6.07, 6.45) is 2.39. The molecule has 0 bridgehead atoms.